The zero-order chi connectivity index (χ0) is 42.1. The van der Waals surface area contributed by atoms with Gasteiger partial charge in [-0.25, -0.2) is 0 Å². The van der Waals surface area contributed by atoms with Crippen molar-refractivity contribution in [3.05, 3.63) is 224 Å². The van der Waals surface area contributed by atoms with E-state index in [9.17, 15) is 0 Å². The van der Waals surface area contributed by atoms with Crippen molar-refractivity contribution in [3.8, 4) is 44.5 Å². The van der Waals surface area contributed by atoms with Gasteiger partial charge in [0.05, 0.1) is 0 Å². The maximum atomic E-state index is 6.95. The van der Waals surface area contributed by atoms with Crippen molar-refractivity contribution in [2.24, 2.45) is 0 Å². The number of hydrogen-bond donors (Lipinski definition) is 0. The molecule has 3 aromatic heterocycles. The standard InChI is InChI=1S/C60H37NO2S/c1-3-12-38(13-4-1)40-22-28-44(29-23-40)61(45-30-24-41(25-31-45)39-14-5-2-6-15-39)46-32-26-42(27-33-46)51-36-43(47-18-11-19-49-48-16-8-10-21-56(48)64-60(47)49)37-52-58-55(63-59(51)52)35-34-54-57(58)50-17-7-9-20-53(50)62-54/h1-37H. The van der Waals surface area contributed by atoms with Gasteiger partial charge in [0.15, 0.2) is 0 Å². The van der Waals surface area contributed by atoms with Crippen molar-refractivity contribution in [3.63, 3.8) is 0 Å². The molecule has 0 spiro atoms. The van der Waals surface area contributed by atoms with E-state index in [0.29, 0.717) is 0 Å². The molecule has 0 unspecified atom stereocenters. The summed E-state index contributed by atoms with van der Waals surface area (Å²) in [5.41, 5.74) is 15.9. The molecule has 64 heavy (non-hydrogen) atoms. The highest BCUT2D eigenvalue weighted by Crippen LogP contribution is 2.47. The largest absolute Gasteiger partial charge is 0.456 e. The topological polar surface area (TPSA) is 29.5 Å². The molecule has 0 amide bonds. The molecule has 10 aromatic carbocycles. The summed E-state index contributed by atoms with van der Waals surface area (Å²) < 4.78 is 15.9. The fourth-order valence-corrected chi connectivity index (χ4v) is 10.9. The second-order valence-electron chi connectivity index (χ2n) is 16.4. The number of furan rings is 2. The highest BCUT2D eigenvalue weighted by atomic mass is 32.1. The van der Waals surface area contributed by atoms with E-state index in [1.807, 2.05) is 29.5 Å². The van der Waals surface area contributed by atoms with Gasteiger partial charge in [0, 0.05) is 64.3 Å². The number of fused-ring (bicyclic) bond motifs is 10. The fourth-order valence-electron chi connectivity index (χ4n) is 9.63. The Bertz CT molecular complexity index is 3780. The first-order chi connectivity index (χ1) is 31.7. The minimum Gasteiger partial charge on any atom is -0.456 e. The highest BCUT2D eigenvalue weighted by molar-refractivity contribution is 7.26. The molecule has 0 aliphatic rings. The van der Waals surface area contributed by atoms with Crippen LogP contribution in [0.1, 0.15) is 0 Å². The van der Waals surface area contributed by atoms with E-state index in [-0.39, 0.29) is 0 Å². The monoisotopic (exact) mass is 835 g/mol. The van der Waals surface area contributed by atoms with Crippen LogP contribution in [0.5, 0.6) is 0 Å². The van der Waals surface area contributed by atoms with Crippen molar-refractivity contribution in [2.75, 3.05) is 4.90 Å². The van der Waals surface area contributed by atoms with Gasteiger partial charge in [-0.3, -0.25) is 0 Å². The first-order valence-corrected chi connectivity index (χ1v) is 22.5. The molecule has 0 atom stereocenters. The van der Waals surface area contributed by atoms with Gasteiger partial charge in [0.1, 0.15) is 22.3 Å². The van der Waals surface area contributed by atoms with Gasteiger partial charge in [-0.1, -0.05) is 152 Å². The molecule has 3 nitrogen and oxygen atoms in total. The minimum absolute atomic E-state index is 0.841. The Morgan fingerprint density at radius 1 is 0.312 bits per heavy atom. The maximum Gasteiger partial charge on any atom is 0.143 e. The quantitative estimate of drug-likeness (QED) is 0.160. The normalized spacial score (nSPS) is 11.8. The Kier molecular flexibility index (Phi) is 8.40. The van der Waals surface area contributed by atoms with Crippen LogP contribution in [0.3, 0.4) is 0 Å². The van der Waals surface area contributed by atoms with Gasteiger partial charge in [0.2, 0.25) is 0 Å². The third-order valence-electron chi connectivity index (χ3n) is 12.7. The van der Waals surface area contributed by atoms with Crippen LogP contribution >= 0.6 is 11.3 Å². The Labute approximate surface area is 373 Å². The number of rotatable bonds is 7. The molecular weight excluding hydrogens is 799 g/mol. The molecule has 4 heteroatoms. The third-order valence-corrected chi connectivity index (χ3v) is 13.9. The van der Waals surface area contributed by atoms with E-state index in [0.717, 1.165) is 77.6 Å². The molecule has 13 aromatic rings. The first kappa shape index (κ1) is 36.5. The number of thiophene rings is 1. The molecular formula is C60H37NO2S. The van der Waals surface area contributed by atoms with Crippen molar-refractivity contribution >= 4 is 92.4 Å². The van der Waals surface area contributed by atoms with E-state index in [1.54, 1.807) is 0 Å². The smallest absolute Gasteiger partial charge is 0.143 e. The van der Waals surface area contributed by atoms with E-state index in [1.165, 1.54) is 48.0 Å². The number of nitrogens with zero attached hydrogens (tertiary/aromatic N) is 1. The number of anilines is 3. The average Bonchev–Trinajstić information content (AvgIpc) is 4.06. The molecule has 0 fully saturated rings. The average molecular weight is 836 g/mol. The lowest BCUT2D eigenvalue weighted by Gasteiger charge is -2.26. The van der Waals surface area contributed by atoms with Gasteiger partial charge in [-0.15, -0.1) is 11.3 Å². The summed E-state index contributed by atoms with van der Waals surface area (Å²) in [7, 11) is 0. The van der Waals surface area contributed by atoms with Crippen LogP contribution in [0.15, 0.2) is 233 Å². The second-order valence-corrected chi connectivity index (χ2v) is 17.5. The van der Waals surface area contributed by atoms with Gasteiger partial charge in [-0.2, -0.15) is 0 Å². The molecule has 0 bridgehead atoms. The summed E-state index contributed by atoms with van der Waals surface area (Å²) >= 11 is 1.86. The molecule has 0 saturated carbocycles. The highest BCUT2D eigenvalue weighted by Gasteiger charge is 2.22. The van der Waals surface area contributed by atoms with Crippen molar-refractivity contribution in [2.45, 2.75) is 0 Å². The van der Waals surface area contributed by atoms with Crippen LogP contribution in [0.4, 0.5) is 17.1 Å². The number of para-hydroxylation sites is 1. The van der Waals surface area contributed by atoms with Crippen LogP contribution in [-0.4, -0.2) is 0 Å². The summed E-state index contributed by atoms with van der Waals surface area (Å²) in [6.45, 7) is 0. The molecule has 300 valence electrons. The molecule has 0 radical (unpaired) electrons. The van der Waals surface area contributed by atoms with Gasteiger partial charge < -0.3 is 13.7 Å². The lowest BCUT2D eigenvalue weighted by atomic mass is 9.94. The van der Waals surface area contributed by atoms with Crippen LogP contribution in [0, 0.1) is 0 Å². The van der Waals surface area contributed by atoms with E-state index in [4.69, 9.17) is 8.83 Å². The molecule has 3 heterocycles. The fraction of sp³-hybridized carbons (Fsp3) is 0. The summed E-state index contributed by atoms with van der Waals surface area (Å²) in [5.74, 6) is 0. The Morgan fingerprint density at radius 2 is 0.828 bits per heavy atom. The molecule has 0 N–H and O–H groups in total. The van der Waals surface area contributed by atoms with Crippen LogP contribution in [0.25, 0.3) is 109 Å². The molecule has 0 aliphatic heterocycles. The summed E-state index contributed by atoms with van der Waals surface area (Å²) in [5, 5.41) is 6.87. The summed E-state index contributed by atoms with van der Waals surface area (Å²) in [4.78, 5) is 2.34. The van der Waals surface area contributed by atoms with Crippen LogP contribution in [-0.2, 0) is 0 Å². The molecule has 0 saturated heterocycles. The number of hydrogen-bond acceptors (Lipinski definition) is 4. The maximum absolute atomic E-state index is 6.95. The predicted molar refractivity (Wildman–Crippen MR) is 270 cm³/mol. The first-order valence-electron chi connectivity index (χ1n) is 21.6. The lowest BCUT2D eigenvalue weighted by Crippen LogP contribution is -2.09. The lowest BCUT2D eigenvalue weighted by molar-refractivity contribution is 0.663. The van der Waals surface area contributed by atoms with Crippen molar-refractivity contribution < 1.29 is 8.83 Å². The Morgan fingerprint density at radius 3 is 1.48 bits per heavy atom. The SMILES string of the molecule is c1ccc(-c2ccc(N(c3ccc(-c4ccccc4)cc3)c3ccc(-c4cc(-c5cccc6c5sc5ccccc56)cc5c4oc4ccc6oc7ccccc7c6c45)cc3)cc2)cc1. The zero-order valence-corrected chi connectivity index (χ0v) is 35.4. The van der Waals surface area contributed by atoms with Crippen molar-refractivity contribution in [1.29, 1.82) is 0 Å². The Hall–Kier alpha value is -8.18. The Balaban J connectivity index is 0.993. The zero-order valence-electron chi connectivity index (χ0n) is 34.5. The van der Waals surface area contributed by atoms with Gasteiger partial charge in [-0.05, 0) is 112 Å². The van der Waals surface area contributed by atoms with Crippen LogP contribution in [0.2, 0.25) is 0 Å². The van der Waals surface area contributed by atoms with E-state index >= 15 is 0 Å². The van der Waals surface area contributed by atoms with Crippen LogP contribution < -0.4 is 4.90 Å². The second kappa shape index (κ2) is 14.7. The third kappa shape index (κ3) is 5.95. The minimum atomic E-state index is 0.841. The predicted octanol–water partition coefficient (Wildman–Crippen LogP) is 18.0. The van der Waals surface area contributed by atoms with E-state index in [2.05, 4.69) is 211 Å². The summed E-state index contributed by atoms with van der Waals surface area (Å²) in [6, 6.07) is 80.3. The van der Waals surface area contributed by atoms with Gasteiger partial charge in [0.25, 0.3) is 0 Å². The molecule has 13 rings (SSSR count). The van der Waals surface area contributed by atoms with Gasteiger partial charge >= 0.3 is 0 Å². The summed E-state index contributed by atoms with van der Waals surface area (Å²) in [6.07, 6.45) is 0. The van der Waals surface area contributed by atoms with Crippen molar-refractivity contribution in [1.82, 2.24) is 0 Å². The number of benzene rings is 10. The van der Waals surface area contributed by atoms with E-state index < -0.39 is 0 Å². The molecule has 0 aliphatic carbocycles.